The lowest BCUT2D eigenvalue weighted by Gasteiger charge is -2.46. The first-order valence-electron chi connectivity index (χ1n) is 24.6. The average Bonchev–Trinajstić information content (AvgIpc) is 3.88. The smallest absolute Gasteiger partial charge is 0.329 e. The Morgan fingerprint density at radius 3 is 2.17 bits per heavy atom. The molecule has 1 spiro atoms. The average molecular weight is 1020 g/mol. The predicted octanol–water partition coefficient (Wildman–Crippen LogP) is 5.25. The Bertz CT molecular complexity index is 3090. The quantitative estimate of drug-likeness (QED) is 0.0874. The van der Waals surface area contributed by atoms with Gasteiger partial charge in [-0.15, -0.1) is 0 Å². The van der Waals surface area contributed by atoms with Gasteiger partial charge in [-0.2, -0.15) is 0 Å². The molecule has 18 nitrogen and oxygen atoms in total. The van der Waals surface area contributed by atoms with Gasteiger partial charge in [0.2, 0.25) is 11.8 Å². The van der Waals surface area contributed by atoms with Crippen molar-refractivity contribution in [2.24, 2.45) is 17.6 Å². The lowest BCUT2D eigenvalue weighted by atomic mass is 9.64. The summed E-state index contributed by atoms with van der Waals surface area (Å²) in [5, 5.41) is 15.1. The van der Waals surface area contributed by atoms with Gasteiger partial charge in [0.15, 0.2) is 11.5 Å². The molecule has 2 fully saturated rings. The van der Waals surface area contributed by atoms with Gasteiger partial charge >= 0.3 is 24.0 Å². The maximum absolute atomic E-state index is 16.9. The van der Waals surface area contributed by atoms with E-state index in [0.29, 0.717) is 45.9 Å². The lowest BCUT2D eigenvalue weighted by Crippen LogP contribution is -2.58. The Hall–Kier alpha value is -8.40. The molecule has 0 aromatic heterocycles. The molecular weight excluding hydrogens is 961 g/mol. The van der Waals surface area contributed by atoms with Crippen molar-refractivity contribution in [3.63, 3.8) is 0 Å². The third-order valence-corrected chi connectivity index (χ3v) is 14.5. The Morgan fingerprint density at radius 1 is 0.840 bits per heavy atom. The van der Waals surface area contributed by atoms with E-state index < -0.39 is 83.3 Å². The maximum atomic E-state index is 16.9. The minimum absolute atomic E-state index is 0.0472. The molecule has 7 atom stereocenters. The van der Waals surface area contributed by atoms with Crippen molar-refractivity contribution < 1.29 is 57.6 Å². The molecular formula is C57H58N6O12. The van der Waals surface area contributed by atoms with Gasteiger partial charge in [-0.1, -0.05) is 98.5 Å². The number of hydrogen-bond acceptors (Lipinski definition) is 13. The van der Waals surface area contributed by atoms with Crippen LogP contribution in [0.5, 0.6) is 17.2 Å². The number of hydrogen-bond donors (Lipinski definition) is 4. The molecule has 9 rings (SSSR count). The summed E-state index contributed by atoms with van der Waals surface area (Å²) in [7, 11) is 4.26. The highest BCUT2D eigenvalue weighted by Gasteiger charge is 2.76. The molecule has 388 valence electrons. The fourth-order valence-electron chi connectivity index (χ4n) is 11.3. The summed E-state index contributed by atoms with van der Waals surface area (Å²) in [5.41, 5.74) is 7.15. The minimum atomic E-state index is -2.19. The second-order valence-corrected chi connectivity index (χ2v) is 19.0. The number of carbonyl (C=O) groups is 6. The van der Waals surface area contributed by atoms with Gasteiger partial charge < -0.3 is 50.1 Å². The van der Waals surface area contributed by atoms with Crippen LogP contribution in [0.15, 0.2) is 115 Å². The van der Waals surface area contributed by atoms with Gasteiger partial charge in [-0.25, -0.2) is 19.3 Å². The minimum Gasteiger partial charge on any atom is -0.493 e. The van der Waals surface area contributed by atoms with Crippen LogP contribution in [-0.2, 0) is 47.0 Å². The first-order valence-corrected chi connectivity index (χ1v) is 24.6. The number of nitrogens with one attached hydrogen (secondary N) is 2. The van der Waals surface area contributed by atoms with Crippen molar-refractivity contribution in [3.8, 4) is 29.1 Å². The number of esters is 2. The number of urea groups is 2. The van der Waals surface area contributed by atoms with Gasteiger partial charge in [0.25, 0.3) is 0 Å². The van der Waals surface area contributed by atoms with E-state index in [2.05, 4.69) is 22.5 Å². The van der Waals surface area contributed by atoms with Crippen LogP contribution in [0.25, 0.3) is 0 Å². The zero-order chi connectivity index (χ0) is 53.1. The second-order valence-electron chi connectivity index (χ2n) is 19.0. The summed E-state index contributed by atoms with van der Waals surface area (Å²) >= 11 is 0. The van der Waals surface area contributed by atoms with E-state index in [0.717, 1.165) is 16.0 Å². The Morgan fingerprint density at radius 2 is 1.52 bits per heavy atom. The number of nitrogens with two attached hydrogens (primary N) is 1. The number of amides is 6. The number of aliphatic hydroxyl groups is 1. The number of methoxy groups -OCH3 is 3. The fourth-order valence-corrected chi connectivity index (χ4v) is 11.3. The molecule has 2 saturated heterocycles. The van der Waals surface area contributed by atoms with Gasteiger partial charge in [0.1, 0.15) is 36.0 Å². The number of cyclic esters (lactones) is 1. The van der Waals surface area contributed by atoms with Crippen LogP contribution in [0, 0.1) is 23.7 Å². The highest BCUT2D eigenvalue weighted by Crippen LogP contribution is 2.66. The number of nitrogens with zero attached hydrogens (tertiary/aromatic N) is 3. The van der Waals surface area contributed by atoms with Gasteiger partial charge in [-0.05, 0) is 88.2 Å². The van der Waals surface area contributed by atoms with Crippen LogP contribution < -0.4 is 35.5 Å². The molecule has 0 aliphatic carbocycles. The van der Waals surface area contributed by atoms with Crippen molar-refractivity contribution in [1.82, 2.24) is 20.4 Å². The van der Waals surface area contributed by atoms with Crippen molar-refractivity contribution in [2.75, 3.05) is 52.5 Å². The molecule has 18 heteroatoms. The zero-order valence-corrected chi connectivity index (χ0v) is 42.1. The van der Waals surface area contributed by atoms with Crippen LogP contribution in [0.1, 0.15) is 71.0 Å². The number of anilines is 1. The van der Waals surface area contributed by atoms with Crippen LogP contribution in [0.4, 0.5) is 15.3 Å². The Kier molecular flexibility index (Phi) is 14.8. The Labute approximate surface area is 434 Å². The van der Waals surface area contributed by atoms with Crippen molar-refractivity contribution in [2.45, 2.75) is 62.5 Å². The number of morpholine rings is 1. The molecule has 5 N–H and O–H groups in total. The largest absolute Gasteiger partial charge is 0.493 e. The third kappa shape index (κ3) is 9.33. The first-order chi connectivity index (χ1) is 36.3. The maximum Gasteiger partial charge on any atom is 0.329 e. The standard InChI is InChI=1S/C57H58N6O12/c1-33(2)46(52(66)73-5)60-56(70)62-42-22-21-34(14-13-24-59-55(58)69)28-41(42)57(54(62)68)45(51(65)61-25-23-37-30-43(71-3)44(72-4)31-39(37)32-61)48-53(67)75-49(36-17-10-7-11-18-36)47(35-15-8-6-9-16-35)63(48)50(57)38-19-12-20-40(29-38)74-27-26-64/h6-12,15-22,28-31,33,45-50,64H,23-27,32H2,1-5H3,(H,60,70)(H3,58,59,69). The number of fused-ring (bicyclic) bond motifs is 4. The fraction of sp³-hybridized carbons (Fsp3) is 0.333. The summed E-state index contributed by atoms with van der Waals surface area (Å²) in [6, 6.07) is 27.3. The van der Waals surface area contributed by atoms with Crippen molar-refractivity contribution >= 4 is 41.5 Å². The molecule has 6 amide bonds. The zero-order valence-electron chi connectivity index (χ0n) is 42.1. The van der Waals surface area contributed by atoms with E-state index in [9.17, 15) is 14.7 Å². The van der Waals surface area contributed by atoms with Crippen LogP contribution in [-0.4, -0.2) is 110 Å². The van der Waals surface area contributed by atoms with Gasteiger partial charge in [-0.3, -0.25) is 19.3 Å². The number of primary amides is 1. The highest BCUT2D eigenvalue weighted by atomic mass is 16.6. The summed E-state index contributed by atoms with van der Waals surface area (Å²) in [5.74, 6) is 2.08. The Balaban J connectivity index is 1.36. The van der Waals surface area contributed by atoms with E-state index in [4.69, 9.17) is 29.4 Å². The predicted molar refractivity (Wildman–Crippen MR) is 273 cm³/mol. The number of rotatable bonds is 13. The molecule has 4 aliphatic rings. The highest BCUT2D eigenvalue weighted by molar-refractivity contribution is 6.25. The van der Waals surface area contributed by atoms with Crippen LogP contribution >= 0.6 is 0 Å². The molecule has 0 bridgehead atoms. The molecule has 4 aliphatic heterocycles. The number of imide groups is 1. The summed E-state index contributed by atoms with van der Waals surface area (Å²) in [6.45, 7) is 3.13. The normalized spacial score (nSPS) is 21.9. The lowest BCUT2D eigenvalue weighted by molar-refractivity contribution is -0.179. The van der Waals surface area contributed by atoms with E-state index in [1.54, 1.807) is 68.3 Å². The van der Waals surface area contributed by atoms with E-state index in [-0.39, 0.29) is 44.1 Å². The second kappa shape index (κ2) is 21.6. The van der Waals surface area contributed by atoms with Crippen molar-refractivity contribution in [3.05, 3.63) is 154 Å². The molecule has 75 heavy (non-hydrogen) atoms. The molecule has 5 aromatic rings. The topological polar surface area (TPSA) is 229 Å². The van der Waals surface area contributed by atoms with Crippen molar-refractivity contribution in [1.29, 1.82) is 0 Å². The number of aliphatic hydroxyl groups excluding tert-OH is 1. The van der Waals surface area contributed by atoms with E-state index >= 15 is 19.2 Å². The molecule has 0 radical (unpaired) electrons. The van der Waals surface area contributed by atoms with Gasteiger partial charge in [0, 0.05) is 18.7 Å². The molecule has 4 heterocycles. The van der Waals surface area contributed by atoms with Crippen LogP contribution in [0.3, 0.4) is 0 Å². The van der Waals surface area contributed by atoms with Crippen LogP contribution in [0.2, 0.25) is 0 Å². The molecule has 5 aromatic carbocycles. The summed E-state index contributed by atoms with van der Waals surface area (Å²) in [4.78, 5) is 93.9. The number of carbonyl (C=O) groups excluding carboxylic acids is 6. The van der Waals surface area contributed by atoms with Gasteiger partial charge in [0.05, 0.1) is 58.2 Å². The summed E-state index contributed by atoms with van der Waals surface area (Å²) < 4.78 is 29.1. The van der Waals surface area contributed by atoms with E-state index in [1.807, 2.05) is 77.7 Å². The molecule has 0 saturated carbocycles. The number of benzene rings is 5. The first kappa shape index (κ1) is 51.5. The third-order valence-electron chi connectivity index (χ3n) is 14.5. The summed E-state index contributed by atoms with van der Waals surface area (Å²) in [6.07, 6.45) is -0.625. The number of ether oxygens (including phenoxy) is 5. The SMILES string of the molecule is COC(=O)C(NC(=O)N1C(=O)C2(c3cc(C#CCNC(N)=O)ccc31)C(C(=O)N1CCc3cc(OC)c(OC)cc3C1)C1C(=O)OC(c3ccccc3)C(c3ccccc3)N1C2c1cccc(OCCO)c1)C(C)C. The molecule has 7 unspecified atom stereocenters. The monoisotopic (exact) mass is 1020 g/mol. The van der Waals surface area contributed by atoms with E-state index in [1.165, 1.54) is 14.2 Å².